The topological polar surface area (TPSA) is 69.7 Å². The highest BCUT2D eigenvalue weighted by Gasteiger charge is 2.04. The number of hydrogen-bond donors (Lipinski definition) is 0. The zero-order valence-electron chi connectivity index (χ0n) is 8.37. The smallest absolute Gasteiger partial charge is 0.306 e. The summed E-state index contributed by atoms with van der Waals surface area (Å²) in [6.07, 6.45) is 0.566. The second kappa shape index (κ2) is 7.06. The van der Waals surface area contributed by atoms with E-state index in [1.54, 1.807) is 0 Å². The molecule has 0 rings (SSSR count). The second-order valence-corrected chi connectivity index (χ2v) is 2.81. The second-order valence-electron chi connectivity index (χ2n) is 2.81. The lowest BCUT2D eigenvalue weighted by Gasteiger charge is -2.02. The number of ketones is 1. The summed E-state index contributed by atoms with van der Waals surface area (Å²) in [5.74, 6) is -1.02. The molecule has 0 aromatic heterocycles. The van der Waals surface area contributed by atoms with Crippen LogP contribution in [0.15, 0.2) is 0 Å². The van der Waals surface area contributed by atoms with E-state index >= 15 is 0 Å². The van der Waals surface area contributed by atoms with Gasteiger partial charge in [0.2, 0.25) is 0 Å². The zero-order chi connectivity index (χ0) is 11.0. The van der Waals surface area contributed by atoms with Crippen molar-refractivity contribution in [3.63, 3.8) is 0 Å². The Hall–Kier alpha value is -1.39. The van der Waals surface area contributed by atoms with Gasteiger partial charge in [-0.3, -0.25) is 14.4 Å². The molecular formula is C9H14O5. The van der Waals surface area contributed by atoms with Gasteiger partial charge in [-0.2, -0.15) is 0 Å². The maximum atomic E-state index is 10.9. The van der Waals surface area contributed by atoms with Crippen LogP contribution in [0.3, 0.4) is 0 Å². The molecule has 0 fully saturated rings. The maximum Gasteiger partial charge on any atom is 0.306 e. The third kappa shape index (κ3) is 8.70. The molecule has 80 valence electrons. The van der Waals surface area contributed by atoms with Crippen LogP contribution in [0, 0.1) is 0 Å². The average Bonchev–Trinajstić information content (AvgIpc) is 2.08. The first-order valence-electron chi connectivity index (χ1n) is 4.31. The van der Waals surface area contributed by atoms with Crippen molar-refractivity contribution in [1.82, 2.24) is 0 Å². The summed E-state index contributed by atoms with van der Waals surface area (Å²) in [6.45, 7) is 2.65. The molecule has 0 aliphatic carbocycles. The van der Waals surface area contributed by atoms with Gasteiger partial charge in [-0.1, -0.05) is 0 Å². The third-order valence-electron chi connectivity index (χ3n) is 1.27. The van der Waals surface area contributed by atoms with Gasteiger partial charge in [-0.05, 0) is 13.3 Å². The van der Waals surface area contributed by atoms with Gasteiger partial charge in [-0.15, -0.1) is 0 Å². The van der Waals surface area contributed by atoms with E-state index in [-0.39, 0.29) is 31.4 Å². The molecule has 5 heteroatoms. The van der Waals surface area contributed by atoms with Crippen molar-refractivity contribution in [2.45, 2.75) is 26.7 Å². The van der Waals surface area contributed by atoms with E-state index in [0.717, 1.165) is 0 Å². The molecule has 0 aliphatic heterocycles. The van der Waals surface area contributed by atoms with E-state index in [0.29, 0.717) is 6.42 Å². The minimum absolute atomic E-state index is 0.153. The minimum atomic E-state index is -0.452. The molecule has 0 radical (unpaired) electrons. The number of ether oxygens (including phenoxy) is 2. The first kappa shape index (κ1) is 12.6. The van der Waals surface area contributed by atoms with Gasteiger partial charge in [0.15, 0.2) is 5.78 Å². The standard InChI is InChI=1S/C9H14O5/c1-7(10)6-14-9(12)4-3-5-13-8(2)11/h3-6H2,1-2H3. The van der Waals surface area contributed by atoms with Crippen LogP contribution in [-0.2, 0) is 23.9 Å². The van der Waals surface area contributed by atoms with E-state index in [4.69, 9.17) is 0 Å². The fourth-order valence-corrected chi connectivity index (χ4v) is 0.687. The van der Waals surface area contributed by atoms with Gasteiger partial charge >= 0.3 is 11.9 Å². The van der Waals surface area contributed by atoms with Crippen LogP contribution >= 0.6 is 0 Å². The lowest BCUT2D eigenvalue weighted by atomic mass is 10.3. The molecule has 0 aromatic rings. The summed E-state index contributed by atoms with van der Waals surface area (Å²) < 4.78 is 9.19. The quantitative estimate of drug-likeness (QED) is 0.462. The highest BCUT2D eigenvalue weighted by molar-refractivity contribution is 5.80. The fourth-order valence-electron chi connectivity index (χ4n) is 0.687. The Morgan fingerprint density at radius 1 is 1.07 bits per heavy atom. The van der Waals surface area contributed by atoms with Crippen molar-refractivity contribution in [3.8, 4) is 0 Å². The van der Waals surface area contributed by atoms with Crippen LogP contribution in [0.4, 0.5) is 0 Å². The molecular weight excluding hydrogens is 188 g/mol. The number of rotatable bonds is 6. The average molecular weight is 202 g/mol. The molecule has 0 saturated carbocycles. The third-order valence-corrected chi connectivity index (χ3v) is 1.27. The van der Waals surface area contributed by atoms with Crippen LogP contribution in [0.5, 0.6) is 0 Å². The van der Waals surface area contributed by atoms with Crippen LogP contribution < -0.4 is 0 Å². The summed E-state index contributed by atoms with van der Waals surface area (Å²) >= 11 is 0. The molecule has 5 nitrogen and oxygen atoms in total. The van der Waals surface area contributed by atoms with Gasteiger partial charge in [0.05, 0.1) is 6.61 Å². The summed E-state index contributed by atoms with van der Waals surface area (Å²) in [5.41, 5.74) is 0. The van der Waals surface area contributed by atoms with Crippen LogP contribution in [0.2, 0.25) is 0 Å². The van der Waals surface area contributed by atoms with Gasteiger partial charge in [-0.25, -0.2) is 0 Å². The Morgan fingerprint density at radius 3 is 2.21 bits per heavy atom. The van der Waals surface area contributed by atoms with Gasteiger partial charge in [0, 0.05) is 13.3 Å². The lowest BCUT2D eigenvalue weighted by molar-refractivity contribution is -0.149. The zero-order valence-corrected chi connectivity index (χ0v) is 8.37. The van der Waals surface area contributed by atoms with Crippen molar-refractivity contribution in [2.75, 3.05) is 13.2 Å². The molecule has 0 heterocycles. The summed E-state index contributed by atoms with van der Waals surface area (Å²) in [6, 6.07) is 0. The highest BCUT2D eigenvalue weighted by Crippen LogP contribution is 1.94. The molecule has 0 atom stereocenters. The van der Waals surface area contributed by atoms with E-state index in [9.17, 15) is 14.4 Å². The van der Waals surface area contributed by atoms with Crippen LogP contribution in [-0.4, -0.2) is 30.9 Å². The van der Waals surface area contributed by atoms with Crippen molar-refractivity contribution >= 4 is 17.7 Å². The molecule has 0 aliphatic rings. The Bertz CT molecular complexity index is 221. The van der Waals surface area contributed by atoms with E-state index < -0.39 is 5.97 Å². The highest BCUT2D eigenvalue weighted by atomic mass is 16.5. The SMILES string of the molecule is CC(=O)COC(=O)CCCOC(C)=O. The fraction of sp³-hybridized carbons (Fsp3) is 0.667. The van der Waals surface area contributed by atoms with E-state index in [2.05, 4.69) is 9.47 Å². The number of carbonyl (C=O) groups excluding carboxylic acids is 3. The molecule has 14 heavy (non-hydrogen) atoms. The van der Waals surface area contributed by atoms with Crippen LogP contribution in [0.1, 0.15) is 26.7 Å². The molecule has 0 saturated heterocycles. The maximum absolute atomic E-state index is 10.9. The molecule has 0 aromatic carbocycles. The minimum Gasteiger partial charge on any atom is -0.466 e. The molecule has 0 unspecified atom stereocenters. The largest absolute Gasteiger partial charge is 0.466 e. The van der Waals surface area contributed by atoms with Crippen molar-refractivity contribution < 1.29 is 23.9 Å². The normalized spacial score (nSPS) is 9.29. The van der Waals surface area contributed by atoms with Gasteiger partial charge in [0.1, 0.15) is 6.61 Å². The Balaban J connectivity index is 3.36. The number of hydrogen-bond acceptors (Lipinski definition) is 5. The predicted molar refractivity (Wildman–Crippen MR) is 47.5 cm³/mol. The first-order chi connectivity index (χ1) is 6.52. The van der Waals surface area contributed by atoms with E-state index in [1.807, 2.05) is 0 Å². The first-order valence-corrected chi connectivity index (χ1v) is 4.31. The molecule has 0 amide bonds. The number of Topliss-reactive ketones (excluding diaryl/α,β-unsaturated/α-hetero) is 1. The molecule has 0 N–H and O–H groups in total. The lowest BCUT2D eigenvalue weighted by Crippen LogP contribution is -2.12. The Kier molecular flexibility index (Phi) is 6.36. The van der Waals surface area contributed by atoms with Gasteiger partial charge in [0.25, 0.3) is 0 Å². The van der Waals surface area contributed by atoms with Crippen molar-refractivity contribution in [3.05, 3.63) is 0 Å². The summed E-state index contributed by atoms with van der Waals surface area (Å²) in [7, 11) is 0. The predicted octanol–water partition coefficient (Wildman–Crippen LogP) is 0.462. The summed E-state index contributed by atoms with van der Waals surface area (Å²) in [5, 5.41) is 0. The monoisotopic (exact) mass is 202 g/mol. The molecule has 0 bridgehead atoms. The van der Waals surface area contributed by atoms with Crippen LogP contribution in [0.25, 0.3) is 0 Å². The number of esters is 2. The number of carbonyl (C=O) groups is 3. The van der Waals surface area contributed by atoms with Crippen molar-refractivity contribution in [2.24, 2.45) is 0 Å². The molecule has 0 spiro atoms. The Labute approximate surface area is 82.4 Å². The van der Waals surface area contributed by atoms with Gasteiger partial charge < -0.3 is 9.47 Å². The summed E-state index contributed by atoms with van der Waals surface area (Å²) in [4.78, 5) is 31.6. The van der Waals surface area contributed by atoms with E-state index in [1.165, 1.54) is 13.8 Å². The Morgan fingerprint density at radius 2 is 1.71 bits per heavy atom. The van der Waals surface area contributed by atoms with Crippen molar-refractivity contribution in [1.29, 1.82) is 0 Å².